The van der Waals surface area contributed by atoms with Crippen molar-refractivity contribution in [3.63, 3.8) is 0 Å². The van der Waals surface area contributed by atoms with E-state index in [1.54, 1.807) is 19.2 Å². The van der Waals surface area contributed by atoms with E-state index >= 15 is 0 Å². The number of carbonyl (C=O) groups is 2. The molecule has 0 aromatic rings. The Bertz CT molecular complexity index is 417. The van der Waals surface area contributed by atoms with Gasteiger partial charge in [0.1, 0.15) is 0 Å². The Morgan fingerprint density at radius 3 is 2.19 bits per heavy atom. The quantitative estimate of drug-likeness (QED) is 0.736. The molecule has 0 spiro atoms. The summed E-state index contributed by atoms with van der Waals surface area (Å²) in [5, 5.41) is 13.6. The van der Waals surface area contributed by atoms with E-state index in [0.29, 0.717) is 19.9 Å². The zero-order valence-electron chi connectivity index (χ0n) is 12.3. The fourth-order valence-electron chi connectivity index (χ4n) is 2.29. The standard InChI is InChI=1S/C13H21F3N2O3/c1-11(2,8-5-4-6-17-7-8)9(19)18-12(3,10(20)21)13(14,15)16/h8,17H,4-7H2,1-3H3,(H,18,19)(H,20,21). The van der Waals surface area contributed by atoms with E-state index in [4.69, 9.17) is 5.11 Å². The number of carbonyl (C=O) groups excluding carboxylic acids is 1. The van der Waals surface area contributed by atoms with Crippen molar-refractivity contribution < 1.29 is 27.9 Å². The first-order valence-corrected chi connectivity index (χ1v) is 6.76. The molecule has 2 atom stereocenters. The molecule has 3 N–H and O–H groups in total. The van der Waals surface area contributed by atoms with Crippen LogP contribution in [-0.4, -0.2) is 41.8 Å². The van der Waals surface area contributed by atoms with Crippen LogP contribution >= 0.6 is 0 Å². The van der Waals surface area contributed by atoms with E-state index in [1.807, 2.05) is 0 Å². The number of alkyl halides is 3. The molecule has 1 amide bonds. The molecule has 1 heterocycles. The SMILES string of the molecule is CC(C)(C(=O)NC(C)(C(=O)O)C(F)(F)F)C1CCCNC1. The van der Waals surface area contributed by atoms with Crippen LogP contribution in [-0.2, 0) is 9.59 Å². The van der Waals surface area contributed by atoms with Gasteiger partial charge in [-0.15, -0.1) is 0 Å². The Kier molecular flexibility index (Phi) is 4.92. The van der Waals surface area contributed by atoms with Gasteiger partial charge in [-0.2, -0.15) is 13.2 Å². The fourth-order valence-corrected chi connectivity index (χ4v) is 2.29. The molecule has 1 rings (SSSR count). The summed E-state index contributed by atoms with van der Waals surface area (Å²) in [6.07, 6.45) is -3.53. The Balaban J connectivity index is 2.93. The van der Waals surface area contributed by atoms with Gasteiger partial charge < -0.3 is 15.7 Å². The average molecular weight is 310 g/mol. The molecule has 2 unspecified atom stereocenters. The zero-order valence-corrected chi connectivity index (χ0v) is 12.3. The van der Waals surface area contributed by atoms with Gasteiger partial charge in [0.25, 0.3) is 0 Å². The maximum atomic E-state index is 12.9. The molecule has 0 aliphatic carbocycles. The topological polar surface area (TPSA) is 78.4 Å². The highest BCUT2D eigenvalue weighted by Gasteiger charge is 2.59. The van der Waals surface area contributed by atoms with Crippen LogP contribution in [0.1, 0.15) is 33.6 Å². The molecule has 8 heteroatoms. The molecule has 1 aliphatic heterocycles. The van der Waals surface area contributed by atoms with Crippen molar-refractivity contribution in [1.29, 1.82) is 0 Å². The lowest BCUT2D eigenvalue weighted by Gasteiger charge is -2.38. The van der Waals surface area contributed by atoms with Crippen LogP contribution in [0.5, 0.6) is 0 Å². The summed E-state index contributed by atoms with van der Waals surface area (Å²) < 4.78 is 38.8. The predicted molar refractivity (Wildman–Crippen MR) is 69.6 cm³/mol. The first kappa shape index (κ1) is 17.7. The van der Waals surface area contributed by atoms with Gasteiger partial charge in [-0.05, 0) is 38.8 Å². The third-order valence-corrected chi connectivity index (χ3v) is 4.26. The molecule has 0 radical (unpaired) electrons. The summed E-state index contributed by atoms with van der Waals surface area (Å²) in [5.74, 6) is -3.17. The minimum Gasteiger partial charge on any atom is -0.479 e. The maximum Gasteiger partial charge on any atom is 0.422 e. The number of hydrogen-bond acceptors (Lipinski definition) is 3. The van der Waals surface area contributed by atoms with Gasteiger partial charge in [0.2, 0.25) is 11.4 Å². The first-order chi connectivity index (χ1) is 9.43. The van der Waals surface area contributed by atoms with Crippen molar-refractivity contribution in [3.8, 4) is 0 Å². The van der Waals surface area contributed by atoms with Gasteiger partial charge in [-0.25, -0.2) is 4.79 Å². The number of halogens is 3. The highest BCUT2D eigenvalue weighted by atomic mass is 19.4. The van der Waals surface area contributed by atoms with Crippen LogP contribution in [0.4, 0.5) is 13.2 Å². The van der Waals surface area contributed by atoms with Crippen molar-refractivity contribution in [1.82, 2.24) is 10.6 Å². The van der Waals surface area contributed by atoms with Gasteiger partial charge in [0.05, 0.1) is 0 Å². The third kappa shape index (κ3) is 3.48. The van der Waals surface area contributed by atoms with Crippen LogP contribution in [0.3, 0.4) is 0 Å². The number of hydrogen-bond donors (Lipinski definition) is 3. The Morgan fingerprint density at radius 2 is 1.81 bits per heavy atom. The second-order valence-corrected chi connectivity index (χ2v) is 6.15. The first-order valence-electron chi connectivity index (χ1n) is 6.76. The second-order valence-electron chi connectivity index (χ2n) is 6.15. The van der Waals surface area contributed by atoms with Crippen LogP contribution in [0.15, 0.2) is 0 Å². The molecule has 1 aliphatic rings. The Labute approximate surface area is 121 Å². The monoisotopic (exact) mass is 310 g/mol. The lowest BCUT2D eigenvalue weighted by molar-refractivity contribution is -0.208. The molecule has 1 saturated heterocycles. The van der Waals surface area contributed by atoms with Crippen molar-refractivity contribution >= 4 is 11.9 Å². The summed E-state index contributed by atoms with van der Waals surface area (Å²) in [7, 11) is 0. The summed E-state index contributed by atoms with van der Waals surface area (Å²) in [6.45, 7) is 4.87. The van der Waals surface area contributed by atoms with E-state index in [2.05, 4.69) is 5.32 Å². The second kappa shape index (κ2) is 5.82. The molecule has 122 valence electrons. The van der Waals surface area contributed by atoms with Crippen LogP contribution in [0.2, 0.25) is 0 Å². The van der Waals surface area contributed by atoms with Crippen molar-refractivity contribution in [3.05, 3.63) is 0 Å². The Hall–Kier alpha value is -1.31. The van der Waals surface area contributed by atoms with Gasteiger partial charge in [-0.1, -0.05) is 13.8 Å². The maximum absolute atomic E-state index is 12.9. The van der Waals surface area contributed by atoms with E-state index in [1.165, 1.54) is 0 Å². The third-order valence-electron chi connectivity index (χ3n) is 4.26. The van der Waals surface area contributed by atoms with E-state index < -0.39 is 29.0 Å². The lowest BCUT2D eigenvalue weighted by atomic mass is 9.74. The predicted octanol–water partition coefficient (Wildman–Crippen LogP) is 1.53. The molecule has 5 nitrogen and oxygen atoms in total. The van der Waals surface area contributed by atoms with Gasteiger partial charge in [0, 0.05) is 5.41 Å². The number of aliphatic carboxylic acids is 1. The molecule has 0 saturated carbocycles. The average Bonchev–Trinajstić information content (AvgIpc) is 2.37. The van der Waals surface area contributed by atoms with E-state index in [-0.39, 0.29) is 5.92 Å². The van der Waals surface area contributed by atoms with E-state index in [9.17, 15) is 22.8 Å². The van der Waals surface area contributed by atoms with Crippen molar-refractivity contribution in [2.75, 3.05) is 13.1 Å². The number of nitrogens with one attached hydrogen (secondary N) is 2. The van der Waals surface area contributed by atoms with Gasteiger partial charge in [-0.3, -0.25) is 4.79 Å². The normalized spacial score (nSPS) is 23.2. The molecule has 0 aromatic carbocycles. The molecule has 21 heavy (non-hydrogen) atoms. The van der Waals surface area contributed by atoms with Crippen molar-refractivity contribution in [2.24, 2.45) is 11.3 Å². The number of piperidine rings is 1. The molecule has 0 aromatic heterocycles. The highest BCUT2D eigenvalue weighted by Crippen LogP contribution is 2.35. The Morgan fingerprint density at radius 1 is 1.24 bits per heavy atom. The summed E-state index contributed by atoms with van der Waals surface area (Å²) in [6, 6.07) is 0. The van der Waals surface area contributed by atoms with Gasteiger partial charge in [0.15, 0.2) is 0 Å². The summed E-state index contributed by atoms with van der Waals surface area (Å²) >= 11 is 0. The number of carboxylic acids is 1. The van der Waals surface area contributed by atoms with E-state index in [0.717, 1.165) is 13.0 Å². The smallest absolute Gasteiger partial charge is 0.422 e. The number of amides is 1. The summed E-state index contributed by atoms with van der Waals surface area (Å²) in [4.78, 5) is 23.2. The largest absolute Gasteiger partial charge is 0.479 e. The lowest BCUT2D eigenvalue weighted by Crippen LogP contribution is -2.64. The molecule has 0 bridgehead atoms. The molecule has 1 fully saturated rings. The van der Waals surface area contributed by atoms with Crippen LogP contribution < -0.4 is 10.6 Å². The minimum atomic E-state index is -5.07. The van der Waals surface area contributed by atoms with Crippen molar-refractivity contribution in [2.45, 2.75) is 45.3 Å². The number of carboxylic acid groups (broad SMARTS) is 1. The van der Waals surface area contributed by atoms with Gasteiger partial charge >= 0.3 is 12.1 Å². The van der Waals surface area contributed by atoms with Crippen LogP contribution in [0, 0.1) is 11.3 Å². The van der Waals surface area contributed by atoms with Crippen LogP contribution in [0.25, 0.3) is 0 Å². The minimum absolute atomic E-state index is 0.141. The highest BCUT2D eigenvalue weighted by molar-refractivity contribution is 5.90. The molecular weight excluding hydrogens is 289 g/mol. The number of rotatable bonds is 4. The molecular formula is C13H21F3N2O3. The zero-order chi connectivity index (χ0) is 16.5. The fraction of sp³-hybridized carbons (Fsp3) is 0.846. The summed E-state index contributed by atoms with van der Waals surface area (Å²) in [5.41, 5.74) is -4.38.